The maximum atomic E-state index is 15.3. The molecular formula is C44H62ClFN6O5. The number of benzene rings is 2. The van der Waals surface area contributed by atoms with Gasteiger partial charge in [-0.05, 0) is 79.0 Å². The summed E-state index contributed by atoms with van der Waals surface area (Å²) in [5, 5.41) is 6.95. The first-order valence-corrected chi connectivity index (χ1v) is 20.4. The van der Waals surface area contributed by atoms with E-state index in [1.54, 1.807) is 59.5 Å². The Hall–Kier alpha value is -4.52. The molecule has 2 atom stereocenters. The van der Waals surface area contributed by atoms with Crippen LogP contribution in [0.4, 0.5) is 14.9 Å². The van der Waals surface area contributed by atoms with Crippen LogP contribution in [0.25, 0.3) is 22.4 Å². The second-order valence-electron chi connectivity index (χ2n) is 14.1. The van der Waals surface area contributed by atoms with Gasteiger partial charge in [0.05, 0.1) is 24.4 Å². The third kappa shape index (κ3) is 12.0. The van der Waals surface area contributed by atoms with Gasteiger partial charge in [0.1, 0.15) is 11.4 Å². The Kier molecular flexibility index (Phi) is 18.9. The number of anilines is 1. The number of aromatic nitrogens is 1. The van der Waals surface area contributed by atoms with Crippen LogP contribution >= 0.6 is 11.6 Å². The van der Waals surface area contributed by atoms with Crippen molar-refractivity contribution < 1.29 is 28.2 Å². The van der Waals surface area contributed by atoms with Gasteiger partial charge in [0.25, 0.3) is 11.8 Å². The van der Waals surface area contributed by atoms with Crippen LogP contribution in [0, 0.1) is 18.7 Å². The van der Waals surface area contributed by atoms with Crippen molar-refractivity contribution in [2.75, 3.05) is 59.9 Å². The minimum Gasteiger partial charge on any atom is -0.481 e. The van der Waals surface area contributed by atoms with Gasteiger partial charge in [-0.25, -0.2) is 19.6 Å². The van der Waals surface area contributed by atoms with Crippen LogP contribution in [-0.4, -0.2) is 87.3 Å². The van der Waals surface area contributed by atoms with E-state index < -0.39 is 17.6 Å². The quantitative estimate of drug-likeness (QED) is 0.110. The molecule has 3 N–H and O–H groups in total. The summed E-state index contributed by atoms with van der Waals surface area (Å²) in [6, 6.07) is 10.2. The number of hydrazine groups is 1. The predicted molar refractivity (Wildman–Crippen MR) is 228 cm³/mol. The molecule has 0 saturated heterocycles. The number of likely N-dealkylation sites (N-methyl/N-ethyl adjacent to an activating group) is 1. The highest BCUT2D eigenvalue weighted by atomic mass is 35.5. The normalized spacial score (nSPS) is 14.9. The Morgan fingerprint density at radius 3 is 2.54 bits per heavy atom. The fourth-order valence-corrected chi connectivity index (χ4v) is 7.20. The van der Waals surface area contributed by atoms with Crippen LogP contribution in [0.5, 0.6) is 5.88 Å². The van der Waals surface area contributed by atoms with Gasteiger partial charge in [0.15, 0.2) is 0 Å². The number of aryl methyl sites for hydroxylation is 1. The van der Waals surface area contributed by atoms with Crippen molar-refractivity contribution in [3.8, 4) is 28.3 Å². The number of carbonyl (C=O) groups excluding carboxylic acids is 3. The van der Waals surface area contributed by atoms with E-state index in [0.717, 1.165) is 42.9 Å². The SMILES string of the molecule is CC.CCC(C)CCCCN(CCOC)C(=O)NC.COc1nc(-c2ccc(F)c(-c3cccc(NC(=O)C4=CCNN(C)C4=O)c3C)c2Cl)cc2c1C(C)CC2. The highest BCUT2D eigenvalue weighted by Gasteiger charge is 2.28. The molecule has 3 aromatic rings. The van der Waals surface area contributed by atoms with E-state index in [9.17, 15) is 14.4 Å². The first-order valence-electron chi connectivity index (χ1n) is 20.0. The average Bonchev–Trinajstić information content (AvgIpc) is 3.60. The van der Waals surface area contributed by atoms with E-state index in [0.29, 0.717) is 59.6 Å². The third-order valence-electron chi connectivity index (χ3n) is 10.4. The van der Waals surface area contributed by atoms with Gasteiger partial charge in [0, 0.05) is 63.2 Å². The van der Waals surface area contributed by atoms with E-state index in [-0.39, 0.29) is 22.2 Å². The summed E-state index contributed by atoms with van der Waals surface area (Å²) in [4.78, 5) is 43.4. The summed E-state index contributed by atoms with van der Waals surface area (Å²) in [6.07, 6.45) is 8.23. The van der Waals surface area contributed by atoms with Crippen molar-refractivity contribution in [2.45, 2.75) is 86.0 Å². The standard InChI is InChI=1S/C29H28ClFN4O3.C13H28N2O2.C2H6/c1-15-8-9-17-14-23(34-28(38-4)24(15)17)19-10-11-21(31)25(26(19)30)18-6-5-7-22(16(18)2)33-27(36)20-12-13-32-35(3)29(20)37;1-5-12(2)8-6-7-9-15(10-11-17-4)13(16)14-3;1-2/h5-7,10-12,14-15,32H,8-9,13H2,1-4H3,(H,33,36);12H,5-11H2,1-4H3,(H,14,16);1-2H3. The maximum Gasteiger partial charge on any atom is 0.317 e. The lowest BCUT2D eigenvalue weighted by Gasteiger charge is -2.23. The lowest BCUT2D eigenvalue weighted by Crippen LogP contribution is -2.46. The van der Waals surface area contributed by atoms with Crippen LogP contribution in [0.2, 0.25) is 5.02 Å². The monoisotopic (exact) mass is 808 g/mol. The molecule has 11 nitrogen and oxygen atoms in total. The van der Waals surface area contributed by atoms with E-state index in [2.05, 4.69) is 36.8 Å². The molecule has 1 aliphatic heterocycles. The lowest BCUT2D eigenvalue weighted by atomic mass is 9.95. The van der Waals surface area contributed by atoms with Gasteiger partial charge >= 0.3 is 6.03 Å². The van der Waals surface area contributed by atoms with Crippen molar-refractivity contribution in [3.63, 3.8) is 0 Å². The maximum absolute atomic E-state index is 15.3. The fourth-order valence-electron chi connectivity index (χ4n) is 6.84. The summed E-state index contributed by atoms with van der Waals surface area (Å²) < 4.78 is 25.9. The number of unbranched alkanes of at least 4 members (excludes halogenated alkanes) is 1. The molecular weight excluding hydrogens is 747 g/mol. The topological polar surface area (TPSA) is 125 Å². The molecule has 2 aromatic carbocycles. The number of rotatable bonds is 14. The fraction of sp³-hybridized carbons (Fsp3) is 0.500. The van der Waals surface area contributed by atoms with Gasteiger partial charge in [-0.2, -0.15) is 0 Å². The van der Waals surface area contributed by atoms with Crippen LogP contribution in [-0.2, 0) is 20.7 Å². The Bertz CT molecular complexity index is 1870. The third-order valence-corrected chi connectivity index (χ3v) is 10.8. The number of hydrogen-bond acceptors (Lipinski definition) is 7. The molecule has 0 radical (unpaired) electrons. The zero-order valence-electron chi connectivity index (χ0n) is 35.4. The van der Waals surface area contributed by atoms with Gasteiger partial charge < -0.3 is 25.0 Å². The number of nitrogens with one attached hydrogen (secondary N) is 3. The summed E-state index contributed by atoms with van der Waals surface area (Å²) in [5.74, 6) is 0.256. The van der Waals surface area contributed by atoms with E-state index in [1.807, 2.05) is 24.8 Å². The average molecular weight is 809 g/mol. The zero-order chi connectivity index (χ0) is 42.2. The number of pyridine rings is 1. The van der Waals surface area contributed by atoms with Crippen molar-refractivity contribution in [1.29, 1.82) is 0 Å². The molecule has 1 aromatic heterocycles. The molecule has 57 heavy (non-hydrogen) atoms. The zero-order valence-corrected chi connectivity index (χ0v) is 36.2. The van der Waals surface area contributed by atoms with Gasteiger partial charge in [0.2, 0.25) is 5.88 Å². The molecule has 2 unspecified atom stereocenters. The second-order valence-corrected chi connectivity index (χ2v) is 14.5. The van der Waals surface area contributed by atoms with Crippen molar-refractivity contribution in [3.05, 3.63) is 75.6 Å². The molecule has 312 valence electrons. The number of amides is 4. The minimum atomic E-state index is -0.535. The Morgan fingerprint density at radius 2 is 1.88 bits per heavy atom. The summed E-state index contributed by atoms with van der Waals surface area (Å²) in [5.41, 5.74) is 8.15. The molecule has 0 fully saturated rings. The highest BCUT2D eigenvalue weighted by Crippen LogP contribution is 2.44. The number of ether oxygens (including phenoxy) is 2. The highest BCUT2D eigenvalue weighted by molar-refractivity contribution is 6.36. The Labute approximate surface area is 343 Å². The lowest BCUT2D eigenvalue weighted by molar-refractivity contribution is -0.131. The van der Waals surface area contributed by atoms with Gasteiger partial charge in [-0.15, -0.1) is 0 Å². The number of urea groups is 1. The first kappa shape index (κ1) is 46.9. The number of halogens is 2. The van der Waals surface area contributed by atoms with Crippen molar-refractivity contribution in [1.82, 2.24) is 25.6 Å². The second kappa shape index (κ2) is 23.0. The van der Waals surface area contributed by atoms with Crippen LogP contribution in [0.15, 0.2) is 48.0 Å². The van der Waals surface area contributed by atoms with Crippen molar-refractivity contribution in [2.24, 2.45) is 5.92 Å². The molecule has 5 rings (SSSR count). The Balaban J connectivity index is 0.000000388. The smallest absolute Gasteiger partial charge is 0.317 e. The van der Waals surface area contributed by atoms with E-state index in [1.165, 1.54) is 36.4 Å². The molecule has 13 heteroatoms. The van der Waals surface area contributed by atoms with E-state index >= 15 is 4.39 Å². The summed E-state index contributed by atoms with van der Waals surface area (Å²) in [7, 11) is 6.48. The minimum absolute atomic E-state index is 0.00871. The number of nitrogens with zero attached hydrogens (tertiary/aromatic N) is 3. The molecule has 2 aliphatic rings. The van der Waals surface area contributed by atoms with Crippen LogP contribution in [0.3, 0.4) is 0 Å². The predicted octanol–water partition coefficient (Wildman–Crippen LogP) is 8.93. The van der Waals surface area contributed by atoms with Crippen molar-refractivity contribution >= 4 is 35.1 Å². The summed E-state index contributed by atoms with van der Waals surface area (Å²) in [6.45, 7) is 14.9. The number of fused-ring (bicyclic) bond motifs is 1. The molecule has 0 saturated carbocycles. The number of hydrogen-bond donors (Lipinski definition) is 3. The molecule has 0 spiro atoms. The molecule has 4 amide bonds. The van der Waals surface area contributed by atoms with E-state index in [4.69, 9.17) is 26.1 Å². The Morgan fingerprint density at radius 1 is 1.14 bits per heavy atom. The van der Waals surface area contributed by atoms with Gasteiger partial charge in [-0.1, -0.05) is 83.7 Å². The molecule has 0 bridgehead atoms. The summed E-state index contributed by atoms with van der Waals surface area (Å²) >= 11 is 6.87. The van der Waals surface area contributed by atoms with Crippen LogP contribution < -0.4 is 20.8 Å². The first-order chi connectivity index (χ1) is 27.4. The number of carbonyl (C=O) groups is 3. The van der Waals surface area contributed by atoms with Gasteiger partial charge in [-0.3, -0.25) is 14.6 Å². The molecule has 1 aliphatic carbocycles. The van der Waals surface area contributed by atoms with Crippen LogP contribution in [0.1, 0.15) is 89.3 Å². The molecule has 2 heterocycles. The number of methoxy groups -OCH3 is 2. The largest absolute Gasteiger partial charge is 0.481 e.